The molecule has 0 spiro atoms. The van der Waals surface area contributed by atoms with E-state index in [1.165, 1.54) is 0 Å². The number of carbonyl (C=O) groups excluding carboxylic acids is 1. The SMILES string of the molecule is CC[C@H]1CN(C(=O)c2cn(C)cn2)c2cccc(Cl)c2O1. The van der Waals surface area contributed by atoms with Crippen LogP contribution >= 0.6 is 11.6 Å². The highest BCUT2D eigenvalue weighted by Gasteiger charge is 2.31. The van der Waals surface area contributed by atoms with Crippen molar-refractivity contribution in [3.05, 3.63) is 41.4 Å². The summed E-state index contributed by atoms with van der Waals surface area (Å²) in [5.74, 6) is 0.433. The summed E-state index contributed by atoms with van der Waals surface area (Å²) in [6, 6.07) is 5.42. The van der Waals surface area contributed by atoms with E-state index in [9.17, 15) is 4.79 Å². The lowest BCUT2D eigenvalue weighted by Gasteiger charge is -2.34. The van der Waals surface area contributed by atoms with Crippen molar-refractivity contribution in [3.63, 3.8) is 0 Å². The lowest BCUT2D eigenvalue weighted by Crippen LogP contribution is -2.43. The van der Waals surface area contributed by atoms with Gasteiger partial charge in [0.25, 0.3) is 5.91 Å². The Bertz CT molecular complexity index is 683. The van der Waals surface area contributed by atoms with E-state index in [1.807, 2.05) is 26.1 Å². The number of aryl methyl sites for hydroxylation is 1. The third kappa shape index (κ3) is 2.49. The molecule has 0 unspecified atom stereocenters. The third-order valence-electron chi connectivity index (χ3n) is 3.53. The van der Waals surface area contributed by atoms with Crippen LogP contribution in [0, 0.1) is 0 Å². The van der Waals surface area contributed by atoms with Crippen molar-refractivity contribution in [1.29, 1.82) is 0 Å². The van der Waals surface area contributed by atoms with Gasteiger partial charge in [0.05, 0.1) is 23.6 Å². The zero-order valence-electron chi connectivity index (χ0n) is 11.9. The highest BCUT2D eigenvalue weighted by molar-refractivity contribution is 6.32. The van der Waals surface area contributed by atoms with Crippen LogP contribution in [0.25, 0.3) is 0 Å². The zero-order chi connectivity index (χ0) is 15.0. The molecule has 0 saturated carbocycles. The average Bonchev–Trinajstić information content (AvgIpc) is 2.92. The van der Waals surface area contributed by atoms with Crippen molar-refractivity contribution in [1.82, 2.24) is 9.55 Å². The first-order valence-electron chi connectivity index (χ1n) is 6.85. The van der Waals surface area contributed by atoms with Crippen LogP contribution in [-0.2, 0) is 7.05 Å². The number of rotatable bonds is 2. The van der Waals surface area contributed by atoms with Gasteiger partial charge in [-0.1, -0.05) is 24.6 Å². The van der Waals surface area contributed by atoms with Crippen molar-refractivity contribution in [3.8, 4) is 5.75 Å². The maximum Gasteiger partial charge on any atom is 0.278 e. The first-order chi connectivity index (χ1) is 10.1. The van der Waals surface area contributed by atoms with Crippen molar-refractivity contribution in [2.24, 2.45) is 7.05 Å². The molecule has 2 aromatic rings. The van der Waals surface area contributed by atoms with Crippen molar-refractivity contribution < 1.29 is 9.53 Å². The fourth-order valence-electron chi connectivity index (χ4n) is 2.40. The molecule has 0 aliphatic carbocycles. The number of ether oxygens (including phenoxy) is 1. The first-order valence-corrected chi connectivity index (χ1v) is 7.23. The zero-order valence-corrected chi connectivity index (χ0v) is 12.7. The number of anilines is 1. The van der Waals surface area contributed by atoms with Crippen LogP contribution in [0.3, 0.4) is 0 Å². The minimum Gasteiger partial charge on any atom is -0.485 e. The monoisotopic (exact) mass is 305 g/mol. The van der Waals surface area contributed by atoms with Gasteiger partial charge in [0, 0.05) is 13.2 Å². The van der Waals surface area contributed by atoms with Gasteiger partial charge in [-0.25, -0.2) is 4.98 Å². The summed E-state index contributed by atoms with van der Waals surface area (Å²) in [5, 5.41) is 0.518. The Balaban J connectivity index is 2.02. The van der Waals surface area contributed by atoms with Gasteiger partial charge in [0.2, 0.25) is 0 Å². The van der Waals surface area contributed by atoms with Crippen LogP contribution in [0.2, 0.25) is 5.02 Å². The van der Waals surface area contributed by atoms with Crippen LogP contribution in [0.1, 0.15) is 23.8 Å². The molecule has 110 valence electrons. The van der Waals surface area contributed by atoms with E-state index >= 15 is 0 Å². The number of aromatic nitrogens is 2. The molecule has 1 aromatic carbocycles. The number of nitrogens with zero attached hydrogens (tertiary/aromatic N) is 3. The Morgan fingerprint density at radius 2 is 2.33 bits per heavy atom. The molecule has 1 aliphatic heterocycles. The normalized spacial score (nSPS) is 17.3. The first kappa shape index (κ1) is 13.9. The summed E-state index contributed by atoms with van der Waals surface area (Å²) in [6.07, 6.45) is 4.06. The highest BCUT2D eigenvalue weighted by atomic mass is 35.5. The molecule has 1 atom stereocenters. The summed E-state index contributed by atoms with van der Waals surface area (Å²) >= 11 is 6.20. The summed E-state index contributed by atoms with van der Waals surface area (Å²) in [4.78, 5) is 18.5. The molecule has 5 nitrogen and oxygen atoms in total. The average molecular weight is 306 g/mol. The Labute approximate surface area is 128 Å². The van der Waals surface area contributed by atoms with Crippen molar-refractivity contribution in [2.75, 3.05) is 11.4 Å². The molecule has 3 rings (SSSR count). The molecule has 0 fully saturated rings. The fourth-order valence-corrected chi connectivity index (χ4v) is 2.61. The smallest absolute Gasteiger partial charge is 0.278 e. The molecular formula is C15H16ClN3O2. The molecule has 0 saturated heterocycles. The Morgan fingerprint density at radius 3 is 3.00 bits per heavy atom. The van der Waals surface area contributed by atoms with Gasteiger partial charge < -0.3 is 9.30 Å². The van der Waals surface area contributed by atoms with E-state index < -0.39 is 0 Å². The molecular weight excluding hydrogens is 290 g/mol. The fraction of sp³-hybridized carbons (Fsp3) is 0.333. The minimum atomic E-state index is -0.138. The second kappa shape index (κ2) is 5.41. The van der Waals surface area contributed by atoms with Gasteiger partial charge in [-0.15, -0.1) is 0 Å². The Morgan fingerprint density at radius 1 is 1.52 bits per heavy atom. The van der Waals surface area contributed by atoms with Crippen LogP contribution in [0.5, 0.6) is 5.75 Å². The molecule has 6 heteroatoms. The Kier molecular flexibility index (Phi) is 3.59. The van der Waals surface area contributed by atoms with Gasteiger partial charge >= 0.3 is 0 Å². The van der Waals surface area contributed by atoms with Crippen LogP contribution < -0.4 is 9.64 Å². The number of halogens is 1. The lowest BCUT2D eigenvalue weighted by atomic mass is 10.1. The largest absolute Gasteiger partial charge is 0.485 e. The molecule has 21 heavy (non-hydrogen) atoms. The number of hydrogen-bond acceptors (Lipinski definition) is 3. The number of para-hydroxylation sites is 1. The highest BCUT2D eigenvalue weighted by Crippen LogP contribution is 2.40. The van der Waals surface area contributed by atoms with Crippen LogP contribution in [-0.4, -0.2) is 28.1 Å². The third-order valence-corrected chi connectivity index (χ3v) is 3.83. The summed E-state index contributed by atoms with van der Waals surface area (Å²) in [6.45, 7) is 2.52. The van der Waals surface area contributed by atoms with Gasteiger partial charge in [0.15, 0.2) is 5.75 Å². The summed E-state index contributed by atoms with van der Waals surface area (Å²) < 4.78 is 7.64. The minimum absolute atomic E-state index is 0.0648. The van der Waals surface area contributed by atoms with E-state index in [4.69, 9.17) is 16.3 Å². The molecule has 1 aliphatic rings. The molecule has 1 amide bonds. The van der Waals surface area contributed by atoms with E-state index in [0.29, 0.717) is 28.7 Å². The molecule has 0 N–H and O–H groups in total. The van der Waals surface area contributed by atoms with Gasteiger partial charge in [-0.2, -0.15) is 0 Å². The number of imidazole rings is 1. The molecule has 2 heterocycles. The van der Waals surface area contributed by atoms with E-state index in [-0.39, 0.29) is 12.0 Å². The molecule has 1 aromatic heterocycles. The number of hydrogen-bond donors (Lipinski definition) is 0. The summed E-state index contributed by atoms with van der Waals surface area (Å²) in [5.41, 5.74) is 1.11. The lowest BCUT2D eigenvalue weighted by molar-refractivity contribution is 0.0950. The second-order valence-electron chi connectivity index (χ2n) is 5.08. The quantitative estimate of drug-likeness (QED) is 0.857. The molecule has 0 radical (unpaired) electrons. The number of benzene rings is 1. The maximum atomic E-state index is 12.7. The van der Waals surface area contributed by atoms with Gasteiger partial charge in [0.1, 0.15) is 11.8 Å². The van der Waals surface area contributed by atoms with Crippen LogP contribution in [0.4, 0.5) is 5.69 Å². The van der Waals surface area contributed by atoms with Gasteiger partial charge in [-0.05, 0) is 18.6 Å². The van der Waals surface area contributed by atoms with Crippen molar-refractivity contribution in [2.45, 2.75) is 19.4 Å². The number of carbonyl (C=O) groups is 1. The standard InChI is InChI=1S/C15H16ClN3O2/c1-3-10-7-19(15(20)12-8-18(2)9-17-12)13-6-4-5-11(16)14(13)21-10/h4-6,8-10H,3,7H2,1-2H3/t10-/m0/s1. The second-order valence-corrected chi connectivity index (χ2v) is 5.48. The van der Waals surface area contributed by atoms with Crippen molar-refractivity contribution >= 4 is 23.2 Å². The topological polar surface area (TPSA) is 47.4 Å². The predicted molar refractivity (Wildman–Crippen MR) is 81.0 cm³/mol. The number of amides is 1. The van der Waals surface area contributed by atoms with E-state index in [0.717, 1.165) is 6.42 Å². The van der Waals surface area contributed by atoms with Gasteiger partial charge in [-0.3, -0.25) is 9.69 Å². The van der Waals surface area contributed by atoms with Crippen LogP contribution in [0.15, 0.2) is 30.7 Å². The Hall–Kier alpha value is -2.01. The molecule has 0 bridgehead atoms. The maximum absolute atomic E-state index is 12.7. The predicted octanol–water partition coefficient (Wildman–Crippen LogP) is 2.89. The van der Waals surface area contributed by atoms with E-state index in [2.05, 4.69) is 4.98 Å². The summed E-state index contributed by atoms with van der Waals surface area (Å²) in [7, 11) is 1.84. The number of fused-ring (bicyclic) bond motifs is 1. The van der Waals surface area contributed by atoms with E-state index in [1.54, 1.807) is 28.1 Å².